The van der Waals surface area contributed by atoms with Crippen molar-refractivity contribution in [3.8, 4) is 39.3 Å². The molecule has 3 heteroatoms. The molecule has 0 bridgehead atoms. The van der Waals surface area contributed by atoms with Gasteiger partial charge in [0.15, 0.2) is 0 Å². The van der Waals surface area contributed by atoms with Crippen LogP contribution >= 0.6 is 11.3 Å². The lowest BCUT2D eigenvalue weighted by atomic mass is 9.95. The third kappa shape index (κ3) is 3.75. The van der Waals surface area contributed by atoms with Crippen molar-refractivity contribution in [1.82, 2.24) is 9.55 Å². The number of hydrogen-bond acceptors (Lipinski definition) is 2. The molecule has 0 spiro atoms. The van der Waals surface area contributed by atoms with Crippen LogP contribution in [0, 0.1) is 13.8 Å². The second kappa shape index (κ2) is 9.13. The molecule has 0 fully saturated rings. The molecule has 7 rings (SSSR count). The molecule has 0 aliphatic rings. The van der Waals surface area contributed by atoms with E-state index in [2.05, 4.69) is 139 Å². The van der Waals surface area contributed by atoms with Crippen molar-refractivity contribution < 1.29 is 0 Å². The first-order valence-electron chi connectivity index (χ1n) is 12.9. The average Bonchev–Trinajstić information content (AvgIpc) is 3.55. The number of rotatable bonds is 4. The van der Waals surface area contributed by atoms with Crippen LogP contribution in [0.5, 0.6) is 0 Å². The summed E-state index contributed by atoms with van der Waals surface area (Å²) in [7, 11) is 0. The van der Waals surface area contributed by atoms with Crippen LogP contribution < -0.4 is 0 Å². The Morgan fingerprint density at radius 1 is 0.632 bits per heavy atom. The topological polar surface area (TPSA) is 17.8 Å². The summed E-state index contributed by atoms with van der Waals surface area (Å²) in [5, 5.41) is 3.50. The molecule has 182 valence electrons. The normalized spacial score (nSPS) is 11.4. The maximum absolute atomic E-state index is 5.19. The van der Waals surface area contributed by atoms with Crippen LogP contribution in [0.25, 0.3) is 60.4 Å². The van der Waals surface area contributed by atoms with Gasteiger partial charge >= 0.3 is 0 Å². The quantitative estimate of drug-likeness (QED) is 0.232. The fraction of sp³-hybridized carbons (Fsp3) is 0.0571. The number of para-hydroxylation sites is 2. The summed E-state index contributed by atoms with van der Waals surface area (Å²) in [4.78, 5) is 5.19. The minimum Gasteiger partial charge on any atom is -0.292 e. The predicted octanol–water partition coefficient (Wildman–Crippen LogP) is 9.86. The van der Waals surface area contributed by atoms with Gasteiger partial charge in [-0.3, -0.25) is 4.57 Å². The summed E-state index contributed by atoms with van der Waals surface area (Å²) in [5.41, 5.74) is 11.9. The van der Waals surface area contributed by atoms with Gasteiger partial charge in [0.1, 0.15) is 5.82 Å². The van der Waals surface area contributed by atoms with Gasteiger partial charge in [-0.2, -0.15) is 0 Å². The molecule has 0 radical (unpaired) electrons. The molecule has 0 N–H and O–H groups in total. The molecule has 0 aliphatic carbocycles. The monoisotopic (exact) mass is 506 g/mol. The first-order chi connectivity index (χ1) is 18.7. The Morgan fingerprint density at radius 2 is 1.29 bits per heavy atom. The Bertz CT molecular complexity index is 1900. The van der Waals surface area contributed by atoms with Crippen LogP contribution in [-0.2, 0) is 0 Å². The van der Waals surface area contributed by atoms with Crippen molar-refractivity contribution in [3.05, 3.63) is 132 Å². The van der Waals surface area contributed by atoms with Crippen molar-refractivity contribution in [1.29, 1.82) is 0 Å². The van der Waals surface area contributed by atoms with Crippen LogP contribution in [0.15, 0.2) is 121 Å². The van der Waals surface area contributed by atoms with Gasteiger partial charge in [-0.1, -0.05) is 78.9 Å². The van der Waals surface area contributed by atoms with Crippen LogP contribution in [0.2, 0.25) is 0 Å². The van der Waals surface area contributed by atoms with Crippen molar-refractivity contribution in [2.24, 2.45) is 0 Å². The summed E-state index contributed by atoms with van der Waals surface area (Å²) in [5.74, 6) is 0.980. The van der Waals surface area contributed by atoms with Gasteiger partial charge < -0.3 is 0 Å². The van der Waals surface area contributed by atoms with E-state index in [4.69, 9.17) is 4.98 Å². The Hall–Kier alpha value is -4.47. The number of imidazole rings is 1. The molecular weight excluding hydrogens is 480 g/mol. The largest absolute Gasteiger partial charge is 0.292 e. The number of aryl methyl sites for hydroxylation is 2. The molecule has 0 amide bonds. The van der Waals surface area contributed by atoms with E-state index in [1.54, 1.807) is 11.3 Å². The molecule has 2 aromatic heterocycles. The Morgan fingerprint density at radius 3 is 2.03 bits per heavy atom. The van der Waals surface area contributed by atoms with Gasteiger partial charge in [0.25, 0.3) is 0 Å². The first-order valence-corrected chi connectivity index (χ1v) is 13.8. The van der Waals surface area contributed by atoms with E-state index in [0.717, 1.165) is 22.5 Å². The summed E-state index contributed by atoms with van der Waals surface area (Å²) in [6, 6.07) is 41.1. The third-order valence-electron chi connectivity index (χ3n) is 7.32. The van der Waals surface area contributed by atoms with Gasteiger partial charge in [-0.05, 0) is 83.6 Å². The molecule has 0 unspecified atom stereocenters. The Balaban J connectivity index is 1.46. The van der Waals surface area contributed by atoms with E-state index in [1.165, 1.54) is 49.0 Å². The fourth-order valence-corrected chi connectivity index (χ4v) is 6.53. The number of fused-ring (bicyclic) bond motifs is 2. The van der Waals surface area contributed by atoms with Gasteiger partial charge in [0.05, 0.1) is 11.0 Å². The highest BCUT2D eigenvalue weighted by molar-refractivity contribution is 7.17. The van der Waals surface area contributed by atoms with Crippen molar-refractivity contribution in [2.45, 2.75) is 13.8 Å². The van der Waals surface area contributed by atoms with Crippen molar-refractivity contribution >= 4 is 32.5 Å². The zero-order valence-electron chi connectivity index (χ0n) is 21.3. The first kappa shape index (κ1) is 22.7. The smallest absolute Gasteiger partial charge is 0.147 e. The number of aromatic nitrogens is 2. The van der Waals surface area contributed by atoms with Crippen molar-refractivity contribution in [3.63, 3.8) is 0 Å². The SMILES string of the molecule is Cc1cc(-n2c(-c3csc4ccc(-c5ccccc5)cc34)nc3ccccc32)cc(C)c1-c1ccccc1. The minimum absolute atomic E-state index is 0.980. The van der Waals surface area contributed by atoms with Crippen molar-refractivity contribution in [2.75, 3.05) is 0 Å². The molecule has 0 saturated carbocycles. The highest BCUT2D eigenvalue weighted by Crippen LogP contribution is 2.39. The van der Waals surface area contributed by atoms with E-state index < -0.39 is 0 Å². The second-order valence-electron chi connectivity index (χ2n) is 9.81. The van der Waals surface area contributed by atoms with E-state index >= 15 is 0 Å². The lowest BCUT2D eigenvalue weighted by molar-refractivity contribution is 1.10. The maximum Gasteiger partial charge on any atom is 0.147 e. The van der Waals surface area contributed by atoms with E-state index in [-0.39, 0.29) is 0 Å². The molecular formula is C35H26N2S. The molecule has 0 atom stereocenters. The summed E-state index contributed by atoms with van der Waals surface area (Å²) >= 11 is 1.78. The van der Waals surface area contributed by atoms with Crippen LogP contribution in [0.3, 0.4) is 0 Å². The molecule has 0 saturated heterocycles. The highest BCUT2D eigenvalue weighted by Gasteiger charge is 2.19. The second-order valence-corrected chi connectivity index (χ2v) is 10.7. The molecule has 5 aromatic carbocycles. The van der Waals surface area contributed by atoms with Gasteiger partial charge in [-0.15, -0.1) is 11.3 Å². The maximum atomic E-state index is 5.19. The molecule has 38 heavy (non-hydrogen) atoms. The molecule has 7 aromatic rings. The average molecular weight is 507 g/mol. The molecule has 2 nitrogen and oxygen atoms in total. The summed E-state index contributed by atoms with van der Waals surface area (Å²) in [6.45, 7) is 4.42. The minimum atomic E-state index is 0.980. The number of benzene rings is 5. The Kier molecular flexibility index (Phi) is 5.45. The van der Waals surface area contributed by atoms with Crippen LogP contribution in [0.4, 0.5) is 0 Å². The highest BCUT2D eigenvalue weighted by atomic mass is 32.1. The lowest BCUT2D eigenvalue weighted by Crippen LogP contribution is -2.00. The molecule has 0 aliphatic heterocycles. The van der Waals surface area contributed by atoms with E-state index in [0.29, 0.717) is 0 Å². The Labute approximate surface area is 226 Å². The van der Waals surface area contributed by atoms with E-state index in [1.807, 2.05) is 0 Å². The number of thiophene rings is 1. The molecule has 2 heterocycles. The fourth-order valence-electron chi connectivity index (χ4n) is 5.61. The zero-order chi connectivity index (χ0) is 25.6. The standard InChI is InChI=1S/C35H26N2S/c1-23-19-28(20-24(2)34(23)26-13-7-4-8-14-26)37-32-16-10-9-15-31(32)36-35(37)30-22-38-33-18-17-27(21-29(30)33)25-11-5-3-6-12-25/h3-22H,1-2H3. The van der Waals surface area contributed by atoms with E-state index in [9.17, 15) is 0 Å². The van der Waals surface area contributed by atoms with Gasteiger partial charge in [-0.25, -0.2) is 4.98 Å². The summed E-state index contributed by atoms with van der Waals surface area (Å²) < 4.78 is 3.60. The summed E-state index contributed by atoms with van der Waals surface area (Å²) in [6.07, 6.45) is 0. The van der Waals surface area contributed by atoms with Gasteiger partial charge in [0.2, 0.25) is 0 Å². The number of hydrogen-bond donors (Lipinski definition) is 0. The lowest BCUT2D eigenvalue weighted by Gasteiger charge is -2.16. The van der Waals surface area contributed by atoms with Gasteiger partial charge in [0, 0.05) is 26.7 Å². The third-order valence-corrected chi connectivity index (χ3v) is 8.28. The number of nitrogens with zero attached hydrogens (tertiary/aromatic N) is 2. The predicted molar refractivity (Wildman–Crippen MR) is 162 cm³/mol. The zero-order valence-corrected chi connectivity index (χ0v) is 22.2. The van der Waals surface area contributed by atoms with Crippen LogP contribution in [0.1, 0.15) is 11.1 Å². The van der Waals surface area contributed by atoms with Crippen LogP contribution in [-0.4, -0.2) is 9.55 Å².